The van der Waals surface area contributed by atoms with E-state index in [0.29, 0.717) is 0 Å². The van der Waals surface area contributed by atoms with Gasteiger partial charge in [0.15, 0.2) is 0 Å². The minimum atomic E-state index is -1.30. The highest BCUT2D eigenvalue weighted by molar-refractivity contribution is 6.33. The summed E-state index contributed by atoms with van der Waals surface area (Å²) in [6.45, 7) is 0. The van der Waals surface area contributed by atoms with Crippen LogP contribution in [0, 0.1) is 11.6 Å². The lowest BCUT2D eigenvalue weighted by Crippen LogP contribution is -2.03. The predicted molar refractivity (Wildman–Crippen MR) is 68.1 cm³/mol. The zero-order chi connectivity index (χ0) is 14.0. The number of rotatable bonds is 3. The third-order valence-electron chi connectivity index (χ3n) is 2.41. The molecule has 2 N–H and O–H groups in total. The first-order valence-corrected chi connectivity index (χ1v) is 5.60. The Morgan fingerprint density at radius 1 is 1.05 bits per heavy atom. The Bertz CT molecular complexity index is 647. The molecule has 6 heteroatoms. The van der Waals surface area contributed by atoms with Crippen molar-refractivity contribution in [2.75, 3.05) is 5.32 Å². The van der Waals surface area contributed by atoms with Crippen LogP contribution in [0.3, 0.4) is 0 Å². The van der Waals surface area contributed by atoms with Gasteiger partial charge in [-0.15, -0.1) is 0 Å². The van der Waals surface area contributed by atoms with Crippen LogP contribution in [0.2, 0.25) is 5.02 Å². The SMILES string of the molecule is O=C(O)c1cc(F)ccc1Nc1cc(F)ccc1Cl. The molecule has 0 fully saturated rings. The second-order valence-corrected chi connectivity index (χ2v) is 4.15. The van der Waals surface area contributed by atoms with E-state index in [4.69, 9.17) is 16.7 Å². The molecule has 0 aliphatic heterocycles. The standard InChI is InChI=1S/C13H8ClF2NO2/c14-10-3-1-8(16)6-12(10)17-11-4-2-7(15)5-9(11)13(18)19/h1-6,17H,(H,18,19). The molecule has 0 saturated heterocycles. The van der Waals surface area contributed by atoms with Gasteiger partial charge < -0.3 is 10.4 Å². The van der Waals surface area contributed by atoms with Gasteiger partial charge in [-0.25, -0.2) is 13.6 Å². The Morgan fingerprint density at radius 3 is 2.37 bits per heavy atom. The molecule has 2 aromatic rings. The highest BCUT2D eigenvalue weighted by Gasteiger charge is 2.12. The van der Waals surface area contributed by atoms with Crippen LogP contribution in [-0.2, 0) is 0 Å². The van der Waals surface area contributed by atoms with Crippen molar-refractivity contribution in [3.05, 3.63) is 58.6 Å². The zero-order valence-electron chi connectivity index (χ0n) is 9.45. The molecule has 98 valence electrons. The molecular weight excluding hydrogens is 276 g/mol. The average Bonchev–Trinajstić information content (AvgIpc) is 2.35. The van der Waals surface area contributed by atoms with Crippen LogP contribution in [0.15, 0.2) is 36.4 Å². The van der Waals surface area contributed by atoms with Gasteiger partial charge in [0.25, 0.3) is 0 Å². The largest absolute Gasteiger partial charge is 0.478 e. The second kappa shape index (κ2) is 5.24. The van der Waals surface area contributed by atoms with Crippen molar-refractivity contribution in [2.24, 2.45) is 0 Å². The smallest absolute Gasteiger partial charge is 0.337 e. The Labute approximate surface area is 112 Å². The van der Waals surface area contributed by atoms with Gasteiger partial charge >= 0.3 is 5.97 Å². The summed E-state index contributed by atoms with van der Waals surface area (Å²) in [5, 5.41) is 11.9. The van der Waals surface area contributed by atoms with Crippen molar-refractivity contribution >= 4 is 28.9 Å². The van der Waals surface area contributed by atoms with Crippen LogP contribution in [-0.4, -0.2) is 11.1 Å². The molecule has 2 aromatic carbocycles. The minimum absolute atomic E-state index is 0.126. The van der Waals surface area contributed by atoms with E-state index in [1.54, 1.807) is 0 Å². The topological polar surface area (TPSA) is 49.3 Å². The molecule has 0 saturated carbocycles. The van der Waals surface area contributed by atoms with E-state index in [1.165, 1.54) is 18.2 Å². The number of halogens is 3. The monoisotopic (exact) mass is 283 g/mol. The van der Waals surface area contributed by atoms with Crippen LogP contribution < -0.4 is 5.32 Å². The van der Waals surface area contributed by atoms with Crippen molar-refractivity contribution in [1.82, 2.24) is 0 Å². The van der Waals surface area contributed by atoms with Crippen molar-refractivity contribution in [3.63, 3.8) is 0 Å². The maximum Gasteiger partial charge on any atom is 0.337 e. The Hall–Kier alpha value is -2.14. The molecule has 0 aromatic heterocycles. The highest BCUT2D eigenvalue weighted by Crippen LogP contribution is 2.28. The van der Waals surface area contributed by atoms with Crippen molar-refractivity contribution in [2.45, 2.75) is 0 Å². The van der Waals surface area contributed by atoms with Crippen molar-refractivity contribution in [1.29, 1.82) is 0 Å². The first-order valence-electron chi connectivity index (χ1n) is 5.22. The van der Waals surface area contributed by atoms with Crippen LogP contribution in [0.1, 0.15) is 10.4 Å². The van der Waals surface area contributed by atoms with Crippen LogP contribution in [0.25, 0.3) is 0 Å². The van der Waals surface area contributed by atoms with Gasteiger partial charge in [0, 0.05) is 0 Å². The van der Waals surface area contributed by atoms with Gasteiger partial charge in [-0.1, -0.05) is 11.6 Å². The van der Waals surface area contributed by atoms with Crippen LogP contribution in [0.5, 0.6) is 0 Å². The summed E-state index contributed by atoms with van der Waals surface area (Å²) in [6, 6.07) is 6.86. The van der Waals surface area contributed by atoms with Crippen LogP contribution >= 0.6 is 11.6 Å². The molecule has 0 atom stereocenters. The number of carbonyl (C=O) groups is 1. The maximum atomic E-state index is 13.1. The van der Waals surface area contributed by atoms with Gasteiger partial charge in [0.1, 0.15) is 11.6 Å². The number of carboxylic acids is 1. The minimum Gasteiger partial charge on any atom is -0.478 e. The van der Waals surface area contributed by atoms with E-state index >= 15 is 0 Å². The summed E-state index contributed by atoms with van der Waals surface area (Å²) in [6.07, 6.45) is 0. The molecule has 2 rings (SSSR count). The zero-order valence-corrected chi connectivity index (χ0v) is 10.2. The van der Waals surface area contributed by atoms with Gasteiger partial charge in [-0.2, -0.15) is 0 Å². The summed E-state index contributed by atoms with van der Waals surface area (Å²) in [7, 11) is 0. The number of carboxylic acid groups (broad SMARTS) is 1. The Kier molecular flexibility index (Phi) is 3.66. The van der Waals surface area contributed by atoms with Gasteiger partial charge in [0.2, 0.25) is 0 Å². The fourth-order valence-electron chi connectivity index (χ4n) is 1.54. The molecule has 0 spiro atoms. The molecule has 19 heavy (non-hydrogen) atoms. The van der Waals surface area contributed by atoms with E-state index < -0.39 is 17.6 Å². The highest BCUT2D eigenvalue weighted by atomic mass is 35.5. The fraction of sp³-hybridized carbons (Fsp3) is 0. The Morgan fingerprint density at radius 2 is 1.68 bits per heavy atom. The fourth-order valence-corrected chi connectivity index (χ4v) is 1.71. The molecular formula is C13H8ClF2NO2. The van der Waals surface area contributed by atoms with E-state index in [0.717, 1.165) is 18.2 Å². The van der Waals surface area contributed by atoms with Crippen molar-refractivity contribution < 1.29 is 18.7 Å². The molecule has 0 amide bonds. The molecule has 0 bridgehead atoms. The lowest BCUT2D eigenvalue weighted by atomic mass is 10.1. The Balaban J connectivity index is 2.43. The summed E-state index contributed by atoms with van der Waals surface area (Å²) in [5.74, 6) is -2.49. The quantitative estimate of drug-likeness (QED) is 0.893. The third kappa shape index (κ3) is 3.00. The lowest BCUT2D eigenvalue weighted by molar-refractivity contribution is 0.0697. The molecule has 0 aliphatic carbocycles. The van der Waals surface area contributed by atoms with E-state index in [2.05, 4.69) is 5.32 Å². The maximum absolute atomic E-state index is 13.1. The molecule has 0 heterocycles. The number of benzene rings is 2. The lowest BCUT2D eigenvalue weighted by Gasteiger charge is -2.11. The molecule has 0 radical (unpaired) electrons. The van der Waals surface area contributed by atoms with Gasteiger partial charge in [-0.3, -0.25) is 0 Å². The van der Waals surface area contributed by atoms with Gasteiger partial charge in [-0.05, 0) is 36.4 Å². The number of hydrogen-bond donors (Lipinski definition) is 2. The number of hydrogen-bond acceptors (Lipinski definition) is 2. The van der Waals surface area contributed by atoms with Crippen molar-refractivity contribution in [3.8, 4) is 0 Å². The predicted octanol–water partition coefficient (Wildman–Crippen LogP) is 4.06. The first kappa shape index (κ1) is 13.3. The molecule has 0 unspecified atom stereocenters. The molecule has 0 aliphatic rings. The summed E-state index contributed by atoms with van der Waals surface area (Å²) < 4.78 is 26.1. The average molecular weight is 284 g/mol. The summed E-state index contributed by atoms with van der Waals surface area (Å²) >= 11 is 5.86. The van der Waals surface area contributed by atoms with E-state index in [9.17, 15) is 13.6 Å². The first-order chi connectivity index (χ1) is 8.97. The summed E-state index contributed by atoms with van der Waals surface area (Å²) in [4.78, 5) is 11.0. The number of anilines is 2. The second-order valence-electron chi connectivity index (χ2n) is 3.74. The summed E-state index contributed by atoms with van der Waals surface area (Å²) in [5.41, 5.74) is 0.0671. The van der Waals surface area contributed by atoms with Gasteiger partial charge in [0.05, 0.1) is 22.0 Å². The van der Waals surface area contributed by atoms with Crippen LogP contribution in [0.4, 0.5) is 20.2 Å². The molecule has 3 nitrogen and oxygen atoms in total. The van der Waals surface area contributed by atoms with E-state index in [-0.39, 0.29) is 22.0 Å². The number of nitrogens with one attached hydrogen (secondary N) is 1. The third-order valence-corrected chi connectivity index (χ3v) is 2.74. The number of aromatic carboxylic acids is 1. The normalized spacial score (nSPS) is 10.3. The van der Waals surface area contributed by atoms with E-state index in [1.807, 2.05) is 0 Å².